The smallest absolute Gasteiger partial charge is 0.313 e. The fourth-order valence-electron chi connectivity index (χ4n) is 2.73. The van der Waals surface area contributed by atoms with Crippen LogP contribution in [-0.2, 0) is 11.0 Å². The summed E-state index contributed by atoms with van der Waals surface area (Å²) in [5.74, 6) is -0.986. The molecule has 0 aliphatic carbocycles. The quantitative estimate of drug-likeness (QED) is 0.259. The highest BCUT2D eigenvalue weighted by molar-refractivity contribution is 7.15. The SMILES string of the molecule is O=C(O/N=C/c1c(-c2ccccc2)nc2sccn12)c1cccc(C(F)(F)F)c1. The minimum atomic E-state index is -4.55. The minimum Gasteiger partial charge on any atom is -0.313 e. The molecule has 2 heterocycles. The average Bonchev–Trinajstić information content (AvgIpc) is 3.30. The molecule has 9 heteroatoms. The molecule has 0 atom stereocenters. The van der Waals surface area contributed by atoms with Crippen LogP contribution in [0, 0.1) is 0 Å². The zero-order valence-corrected chi connectivity index (χ0v) is 15.4. The second-order valence-corrected chi connectivity index (χ2v) is 6.83. The molecule has 29 heavy (non-hydrogen) atoms. The molecular formula is C20H12F3N3O2S. The fraction of sp³-hybridized carbons (Fsp3) is 0.0500. The van der Waals surface area contributed by atoms with Gasteiger partial charge in [0.25, 0.3) is 0 Å². The Morgan fingerprint density at radius 1 is 1.14 bits per heavy atom. The number of imidazole rings is 1. The normalized spacial score (nSPS) is 12.0. The highest BCUT2D eigenvalue weighted by atomic mass is 32.1. The summed E-state index contributed by atoms with van der Waals surface area (Å²) in [7, 11) is 0. The number of carbonyl (C=O) groups excluding carboxylic acids is 1. The first-order valence-corrected chi connectivity index (χ1v) is 9.24. The lowest BCUT2D eigenvalue weighted by Gasteiger charge is -2.07. The second-order valence-electron chi connectivity index (χ2n) is 5.96. The van der Waals surface area contributed by atoms with Gasteiger partial charge in [-0.15, -0.1) is 11.3 Å². The summed E-state index contributed by atoms with van der Waals surface area (Å²) in [6.45, 7) is 0. The number of nitrogens with zero attached hydrogens (tertiary/aromatic N) is 3. The lowest BCUT2D eigenvalue weighted by molar-refractivity contribution is -0.137. The lowest BCUT2D eigenvalue weighted by atomic mass is 10.1. The Hall–Kier alpha value is -3.46. The fourth-order valence-corrected chi connectivity index (χ4v) is 3.46. The van der Waals surface area contributed by atoms with E-state index in [1.165, 1.54) is 23.6 Å². The molecule has 0 fully saturated rings. The number of halogens is 3. The Bertz CT molecular complexity index is 1200. The van der Waals surface area contributed by atoms with Crippen molar-refractivity contribution in [2.24, 2.45) is 5.16 Å². The van der Waals surface area contributed by atoms with Crippen molar-refractivity contribution in [2.45, 2.75) is 6.18 Å². The minimum absolute atomic E-state index is 0.241. The molecule has 0 saturated carbocycles. The van der Waals surface area contributed by atoms with Crippen LogP contribution in [0.3, 0.4) is 0 Å². The van der Waals surface area contributed by atoms with E-state index in [9.17, 15) is 18.0 Å². The Labute approximate surface area is 166 Å². The molecule has 0 aliphatic rings. The summed E-state index contributed by atoms with van der Waals surface area (Å²) in [4.78, 5) is 22.2. The molecule has 0 aliphatic heterocycles. The molecule has 4 aromatic rings. The molecule has 0 bridgehead atoms. The third-order valence-corrected chi connectivity index (χ3v) is 4.84. The first-order valence-electron chi connectivity index (χ1n) is 8.36. The van der Waals surface area contributed by atoms with Gasteiger partial charge in [0.2, 0.25) is 0 Å². The van der Waals surface area contributed by atoms with Gasteiger partial charge < -0.3 is 4.84 Å². The van der Waals surface area contributed by atoms with Gasteiger partial charge in [0.1, 0.15) is 0 Å². The third-order valence-electron chi connectivity index (χ3n) is 4.08. The summed E-state index contributed by atoms with van der Waals surface area (Å²) in [5.41, 5.74) is 0.918. The van der Waals surface area contributed by atoms with Crippen LogP contribution in [0.25, 0.3) is 16.2 Å². The predicted octanol–water partition coefficient (Wildman–Crippen LogP) is 5.27. The summed E-state index contributed by atoms with van der Waals surface area (Å²) in [6.07, 6.45) is -1.43. The van der Waals surface area contributed by atoms with E-state index in [0.29, 0.717) is 11.4 Å². The van der Waals surface area contributed by atoms with Crippen molar-refractivity contribution in [1.82, 2.24) is 9.38 Å². The number of thiazole rings is 1. The maximum absolute atomic E-state index is 12.8. The molecule has 0 amide bonds. The number of aromatic nitrogens is 2. The number of rotatable bonds is 4. The van der Waals surface area contributed by atoms with Gasteiger partial charge in [0.05, 0.1) is 28.7 Å². The lowest BCUT2D eigenvalue weighted by Crippen LogP contribution is -2.08. The van der Waals surface area contributed by atoms with Crippen LogP contribution in [0.5, 0.6) is 0 Å². The summed E-state index contributed by atoms with van der Waals surface area (Å²) >= 11 is 1.43. The van der Waals surface area contributed by atoms with Gasteiger partial charge in [-0.3, -0.25) is 4.40 Å². The highest BCUT2D eigenvalue weighted by Gasteiger charge is 2.31. The topological polar surface area (TPSA) is 56.0 Å². The molecule has 0 radical (unpaired) electrons. The zero-order valence-electron chi connectivity index (χ0n) is 14.6. The molecule has 4 rings (SSSR count). The summed E-state index contributed by atoms with van der Waals surface area (Å²) in [5, 5.41) is 5.54. The maximum atomic E-state index is 12.8. The standard InChI is InChI=1S/C20H12F3N3O2S/c21-20(22,23)15-8-4-7-14(11-15)18(27)28-24-12-16-17(13-5-2-1-3-6-13)25-19-26(16)9-10-29-19/h1-12H/b24-12+. The largest absolute Gasteiger partial charge is 0.416 e. The van der Waals surface area contributed by atoms with Gasteiger partial charge in [-0.25, -0.2) is 9.78 Å². The molecule has 5 nitrogen and oxygen atoms in total. The average molecular weight is 415 g/mol. The highest BCUT2D eigenvalue weighted by Crippen LogP contribution is 2.30. The van der Waals surface area contributed by atoms with E-state index in [-0.39, 0.29) is 5.56 Å². The van der Waals surface area contributed by atoms with E-state index in [1.54, 1.807) is 10.6 Å². The second kappa shape index (κ2) is 7.51. The van der Waals surface area contributed by atoms with Crippen LogP contribution in [0.1, 0.15) is 21.6 Å². The van der Waals surface area contributed by atoms with Gasteiger partial charge >= 0.3 is 12.1 Å². The van der Waals surface area contributed by atoms with Crippen LogP contribution in [0.2, 0.25) is 0 Å². The van der Waals surface area contributed by atoms with Crippen molar-refractivity contribution in [3.05, 3.63) is 83.0 Å². The van der Waals surface area contributed by atoms with Crippen molar-refractivity contribution < 1.29 is 22.8 Å². The summed E-state index contributed by atoms with van der Waals surface area (Å²) in [6, 6.07) is 13.4. The van der Waals surface area contributed by atoms with Crippen molar-refractivity contribution >= 4 is 28.5 Å². The predicted molar refractivity (Wildman–Crippen MR) is 103 cm³/mol. The van der Waals surface area contributed by atoms with Gasteiger partial charge in [-0.1, -0.05) is 41.6 Å². The van der Waals surface area contributed by atoms with Crippen molar-refractivity contribution in [2.75, 3.05) is 0 Å². The molecule has 0 spiro atoms. The number of hydrogen-bond donors (Lipinski definition) is 0. The summed E-state index contributed by atoms with van der Waals surface area (Å²) < 4.78 is 40.2. The van der Waals surface area contributed by atoms with Gasteiger partial charge in [0, 0.05) is 17.1 Å². The van der Waals surface area contributed by atoms with E-state index >= 15 is 0 Å². The maximum Gasteiger partial charge on any atom is 0.416 e. The monoisotopic (exact) mass is 415 g/mol. The Balaban J connectivity index is 1.60. The first kappa shape index (κ1) is 18.9. The van der Waals surface area contributed by atoms with Gasteiger partial charge in [-0.05, 0) is 18.2 Å². The van der Waals surface area contributed by atoms with E-state index in [0.717, 1.165) is 28.7 Å². The molecule has 0 unspecified atom stereocenters. The molecule has 0 saturated heterocycles. The van der Waals surface area contributed by atoms with E-state index in [4.69, 9.17) is 4.84 Å². The van der Waals surface area contributed by atoms with E-state index in [1.807, 2.05) is 35.7 Å². The number of alkyl halides is 3. The number of hydrogen-bond acceptors (Lipinski definition) is 5. The van der Waals surface area contributed by atoms with Gasteiger partial charge in [-0.2, -0.15) is 13.2 Å². The van der Waals surface area contributed by atoms with Crippen molar-refractivity contribution in [1.29, 1.82) is 0 Å². The number of oxime groups is 1. The number of carbonyl (C=O) groups is 1. The third kappa shape index (κ3) is 3.90. The van der Waals surface area contributed by atoms with Crippen LogP contribution in [-0.4, -0.2) is 21.6 Å². The molecular weight excluding hydrogens is 403 g/mol. The van der Waals surface area contributed by atoms with E-state index < -0.39 is 17.7 Å². The molecule has 0 N–H and O–H groups in total. The van der Waals surface area contributed by atoms with E-state index in [2.05, 4.69) is 10.1 Å². The first-order chi connectivity index (χ1) is 13.9. The van der Waals surface area contributed by atoms with Crippen LogP contribution in [0.4, 0.5) is 13.2 Å². The number of fused-ring (bicyclic) bond motifs is 1. The molecule has 2 aromatic carbocycles. The Morgan fingerprint density at radius 2 is 1.93 bits per heavy atom. The van der Waals surface area contributed by atoms with Gasteiger partial charge in [0.15, 0.2) is 4.96 Å². The van der Waals surface area contributed by atoms with Crippen molar-refractivity contribution in [3.8, 4) is 11.3 Å². The molecule has 2 aromatic heterocycles. The van der Waals surface area contributed by atoms with Crippen LogP contribution in [0.15, 0.2) is 71.3 Å². The molecule has 146 valence electrons. The van der Waals surface area contributed by atoms with Crippen molar-refractivity contribution in [3.63, 3.8) is 0 Å². The van der Waals surface area contributed by atoms with Crippen LogP contribution >= 0.6 is 11.3 Å². The zero-order chi connectivity index (χ0) is 20.4. The Morgan fingerprint density at radius 3 is 2.69 bits per heavy atom. The number of benzene rings is 2. The van der Waals surface area contributed by atoms with Crippen LogP contribution < -0.4 is 0 Å². The Kier molecular flexibility index (Phi) is 4.89.